The first-order valence-electron chi connectivity index (χ1n) is 10.7. The standard InChI is InChI=1S/C24H24F6N2O3/c1-14-8-9-16(10-15(14)2)11-18-21(24(28,29)30)32(13-20(33)34)19(23(25,26)27)12-31(18)22(35)17-6-4-3-5-7-17/h3-10,18-19,21H,11-13H2,1-2H3,(H,33,34)/t18-,19?,21?/m1/s1. The molecule has 0 saturated carbocycles. The van der Waals surface area contributed by atoms with Gasteiger partial charge in [0, 0.05) is 12.1 Å². The molecule has 0 bridgehead atoms. The Balaban J connectivity index is 2.18. The number of halogens is 6. The van der Waals surface area contributed by atoms with Gasteiger partial charge in [-0.1, -0.05) is 36.4 Å². The first-order chi connectivity index (χ1) is 16.2. The third kappa shape index (κ3) is 5.95. The highest BCUT2D eigenvalue weighted by atomic mass is 19.4. The summed E-state index contributed by atoms with van der Waals surface area (Å²) in [6.45, 7) is 0.925. The summed E-state index contributed by atoms with van der Waals surface area (Å²) in [7, 11) is 0. The van der Waals surface area contributed by atoms with Gasteiger partial charge in [0.1, 0.15) is 12.1 Å². The second kappa shape index (κ2) is 9.88. The highest BCUT2D eigenvalue weighted by Gasteiger charge is 2.61. The quantitative estimate of drug-likeness (QED) is 0.607. The van der Waals surface area contributed by atoms with Gasteiger partial charge >= 0.3 is 18.3 Å². The smallest absolute Gasteiger partial charge is 0.406 e. The van der Waals surface area contributed by atoms with Crippen LogP contribution in [-0.4, -0.2) is 70.4 Å². The van der Waals surface area contributed by atoms with Crippen LogP contribution in [0.15, 0.2) is 48.5 Å². The van der Waals surface area contributed by atoms with Crippen LogP contribution in [0.5, 0.6) is 0 Å². The van der Waals surface area contributed by atoms with Crippen LogP contribution in [0.4, 0.5) is 26.3 Å². The Morgan fingerprint density at radius 2 is 1.57 bits per heavy atom. The van der Waals surface area contributed by atoms with E-state index in [0.717, 1.165) is 11.1 Å². The number of carboxylic acids is 1. The molecule has 0 spiro atoms. The highest BCUT2D eigenvalue weighted by Crippen LogP contribution is 2.40. The molecule has 1 amide bonds. The first-order valence-corrected chi connectivity index (χ1v) is 10.7. The molecular formula is C24H24F6N2O3. The van der Waals surface area contributed by atoms with Gasteiger partial charge < -0.3 is 10.0 Å². The Bertz CT molecular complexity index is 1070. The zero-order chi connectivity index (χ0) is 26.1. The number of aryl methyl sites for hydroxylation is 2. The Morgan fingerprint density at radius 3 is 2.09 bits per heavy atom. The summed E-state index contributed by atoms with van der Waals surface area (Å²) < 4.78 is 85.1. The molecule has 190 valence electrons. The number of piperazine rings is 1. The number of carbonyl (C=O) groups is 2. The van der Waals surface area contributed by atoms with E-state index in [4.69, 9.17) is 0 Å². The third-order valence-electron chi connectivity index (χ3n) is 6.22. The molecule has 1 saturated heterocycles. The third-order valence-corrected chi connectivity index (χ3v) is 6.22. The van der Waals surface area contributed by atoms with E-state index in [1.165, 1.54) is 24.3 Å². The number of hydrogen-bond acceptors (Lipinski definition) is 3. The molecule has 1 aliphatic rings. The summed E-state index contributed by atoms with van der Waals surface area (Å²) >= 11 is 0. The van der Waals surface area contributed by atoms with E-state index in [1.54, 1.807) is 38.1 Å². The number of nitrogens with zero attached hydrogens (tertiary/aromatic N) is 2. The highest BCUT2D eigenvalue weighted by molar-refractivity contribution is 5.94. The second-order valence-electron chi connectivity index (χ2n) is 8.62. The van der Waals surface area contributed by atoms with Gasteiger partial charge in [0.25, 0.3) is 5.91 Å². The van der Waals surface area contributed by atoms with Crippen molar-refractivity contribution in [3.8, 4) is 0 Å². The van der Waals surface area contributed by atoms with E-state index in [9.17, 15) is 41.0 Å². The van der Waals surface area contributed by atoms with Crippen molar-refractivity contribution in [2.75, 3.05) is 13.1 Å². The molecule has 2 aromatic rings. The predicted molar refractivity (Wildman–Crippen MR) is 115 cm³/mol. The molecule has 0 aliphatic carbocycles. The van der Waals surface area contributed by atoms with Crippen LogP contribution in [-0.2, 0) is 11.2 Å². The summed E-state index contributed by atoms with van der Waals surface area (Å²) in [6, 6.07) is 4.48. The largest absolute Gasteiger partial charge is 0.480 e. The summed E-state index contributed by atoms with van der Waals surface area (Å²) in [5, 5.41) is 9.17. The SMILES string of the molecule is Cc1ccc(C[C@@H]2C(C(F)(F)F)N(CC(=O)O)C(C(F)(F)F)CN2C(=O)c2ccccc2)cc1C. The minimum absolute atomic E-state index is 0.0638. The lowest BCUT2D eigenvalue weighted by atomic mass is 9.89. The molecular weight excluding hydrogens is 478 g/mol. The summed E-state index contributed by atoms with van der Waals surface area (Å²) in [5.74, 6) is -2.82. The number of carboxylic acid groups (broad SMARTS) is 1. The first kappa shape index (κ1) is 26.5. The number of hydrogen-bond donors (Lipinski definition) is 1. The number of aliphatic carboxylic acids is 1. The molecule has 3 rings (SSSR count). The molecule has 2 aromatic carbocycles. The lowest BCUT2D eigenvalue weighted by Gasteiger charge is -2.51. The maximum Gasteiger partial charge on any atom is 0.406 e. The molecule has 5 nitrogen and oxygen atoms in total. The van der Waals surface area contributed by atoms with Gasteiger partial charge in [0.2, 0.25) is 0 Å². The molecule has 0 aromatic heterocycles. The van der Waals surface area contributed by atoms with E-state index in [-0.39, 0.29) is 10.5 Å². The maximum absolute atomic E-state index is 14.4. The van der Waals surface area contributed by atoms with E-state index in [1.807, 2.05) is 0 Å². The van der Waals surface area contributed by atoms with Crippen LogP contribution in [0.25, 0.3) is 0 Å². The van der Waals surface area contributed by atoms with Gasteiger partial charge in [-0.3, -0.25) is 14.5 Å². The van der Waals surface area contributed by atoms with Crippen LogP contribution in [0.1, 0.15) is 27.0 Å². The molecule has 0 radical (unpaired) electrons. The summed E-state index contributed by atoms with van der Waals surface area (Å²) in [4.78, 5) is 25.1. The van der Waals surface area contributed by atoms with Gasteiger partial charge in [-0.25, -0.2) is 0 Å². The zero-order valence-electron chi connectivity index (χ0n) is 18.9. The molecule has 2 unspecified atom stereocenters. The molecule has 1 N–H and O–H groups in total. The van der Waals surface area contributed by atoms with Crippen molar-refractivity contribution in [1.29, 1.82) is 0 Å². The van der Waals surface area contributed by atoms with Crippen molar-refractivity contribution in [2.45, 2.75) is 50.7 Å². The van der Waals surface area contributed by atoms with Crippen molar-refractivity contribution in [1.82, 2.24) is 9.80 Å². The Kier molecular flexibility index (Phi) is 7.49. The minimum Gasteiger partial charge on any atom is -0.480 e. The average molecular weight is 502 g/mol. The fourth-order valence-corrected chi connectivity index (χ4v) is 4.45. The average Bonchev–Trinajstić information content (AvgIpc) is 2.74. The van der Waals surface area contributed by atoms with Gasteiger partial charge in [0.05, 0.1) is 12.6 Å². The molecule has 3 atom stereocenters. The number of benzene rings is 2. The zero-order valence-corrected chi connectivity index (χ0v) is 18.9. The molecule has 1 fully saturated rings. The van der Waals surface area contributed by atoms with Crippen LogP contribution in [0.2, 0.25) is 0 Å². The van der Waals surface area contributed by atoms with Crippen molar-refractivity contribution in [3.63, 3.8) is 0 Å². The van der Waals surface area contributed by atoms with E-state index >= 15 is 0 Å². The van der Waals surface area contributed by atoms with E-state index in [2.05, 4.69) is 0 Å². The minimum atomic E-state index is -5.25. The van der Waals surface area contributed by atoms with Gasteiger partial charge in [-0.05, 0) is 49.1 Å². The van der Waals surface area contributed by atoms with E-state index in [0.29, 0.717) is 10.5 Å². The lowest BCUT2D eigenvalue weighted by Crippen LogP contribution is -2.73. The molecule has 1 aliphatic heterocycles. The Morgan fingerprint density at radius 1 is 0.943 bits per heavy atom. The number of carbonyl (C=O) groups excluding carboxylic acids is 1. The number of rotatable bonds is 5. The molecule has 35 heavy (non-hydrogen) atoms. The van der Waals surface area contributed by atoms with Crippen molar-refractivity contribution < 1.29 is 41.0 Å². The fourth-order valence-electron chi connectivity index (χ4n) is 4.45. The van der Waals surface area contributed by atoms with Gasteiger partial charge in [-0.15, -0.1) is 0 Å². The van der Waals surface area contributed by atoms with Gasteiger partial charge in [0.15, 0.2) is 0 Å². The van der Waals surface area contributed by atoms with Crippen LogP contribution < -0.4 is 0 Å². The normalized spacial score (nSPS) is 21.7. The van der Waals surface area contributed by atoms with Crippen molar-refractivity contribution >= 4 is 11.9 Å². The van der Waals surface area contributed by atoms with Gasteiger partial charge in [-0.2, -0.15) is 26.3 Å². The topological polar surface area (TPSA) is 60.9 Å². The molecule has 11 heteroatoms. The number of amides is 1. The second-order valence-corrected chi connectivity index (χ2v) is 8.62. The van der Waals surface area contributed by atoms with Crippen LogP contribution in [0.3, 0.4) is 0 Å². The fraction of sp³-hybridized carbons (Fsp3) is 0.417. The van der Waals surface area contributed by atoms with Crippen molar-refractivity contribution in [3.05, 3.63) is 70.8 Å². The Hall–Kier alpha value is -3.08. The van der Waals surface area contributed by atoms with Crippen molar-refractivity contribution in [2.24, 2.45) is 0 Å². The van der Waals surface area contributed by atoms with Crippen LogP contribution >= 0.6 is 0 Å². The summed E-state index contributed by atoms with van der Waals surface area (Å²) in [6.07, 6.45) is -10.9. The lowest BCUT2D eigenvalue weighted by molar-refractivity contribution is -0.260. The maximum atomic E-state index is 14.4. The molecule has 1 heterocycles. The van der Waals surface area contributed by atoms with E-state index < -0.39 is 61.9 Å². The Labute approximate surface area is 197 Å². The van der Waals surface area contributed by atoms with Crippen LogP contribution in [0, 0.1) is 13.8 Å². The monoisotopic (exact) mass is 502 g/mol. The number of alkyl halides is 6. The summed E-state index contributed by atoms with van der Waals surface area (Å²) in [5.41, 5.74) is 1.95. The predicted octanol–water partition coefficient (Wildman–Crippen LogP) is 4.62.